The van der Waals surface area contributed by atoms with Crippen LogP contribution in [0.4, 0.5) is 4.79 Å². The smallest absolute Gasteiger partial charge is 0.411 e. The average molecular weight is 301 g/mol. The molecular formula is C14H23NO6. The Hall–Kier alpha value is -1.79. The maximum absolute atomic E-state index is 12.2. The van der Waals surface area contributed by atoms with Crippen molar-refractivity contribution in [3.05, 3.63) is 0 Å². The van der Waals surface area contributed by atoms with Gasteiger partial charge in [-0.25, -0.2) is 9.59 Å². The molecule has 0 aromatic carbocycles. The summed E-state index contributed by atoms with van der Waals surface area (Å²) in [5.74, 6) is -1.90. The van der Waals surface area contributed by atoms with E-state index in [1.807, 2.05) is 0 Å². The van der Waals surface area contributed by atoms with Gasteiger partial charge in [0.25, 0.3) is 0 Å². The van der Waals surface area contributed by atoms with E-state index in [0.717, 1.165) is 0 Å². The molecule has 120 valence electrons. The summed E-state index contributed by atoms with van der Waals surface area (Å²) in [4.78, 5) is 37.3. The molecule has 1 saturated heterocycles. The summed E-state index contributed by atoms with van der Waals surface area (Å²) in [5.41, 5.74) is -0.685. The molecule has 0 aliphatic carbocycles. The Kier molecular flexibility index (Phi) is 5.57. The van der Waals surface area contributed by atoms with Gasteiger partial charge in [0.15, 0.2) is 0 Å². The Morgan fingerprint density at radius 3 is 2.10 bits per heavy atom. The fourth-order valence-corrected chi connectivity index (χ4v) is 2.33. The number of amides is 1. The second kappa shape index (κ2) is 6.78. The highest BCUT2D eigenvalue weighted by Gasteiger charge is 2.45. The third-order valence-corrected chi connectivity index (χ3v) is 3.21. The largest absolute Gasteiger partial charge is 0.469 e. The van der Waals surface area contributed by atoms with Crippen molar-refractivity contribution in [1.82, 2.24) is 4.90 Å². The molecule has 0 N–H and O–H groups in total. The number of hydrogen-bond donors (Lipinski definition) is 0. The van der Waals surface area contributed by atoms with Crippen LogP contribution in [-0.4, -0.2) is 55.3 Å². The number of esters is 2. The number of nitrogens with zero attached hydrogens (tertiary/aromatic N) is 1. The Morgan fingerprint density at radius 1 is 1.05 bits per heavy atom. The van der Waals surface area contributed by atoms with E-state index in [1.165, 1.54) is 19.1 Å². The molecule has 7 heteroatoms. The fraction of sp³-hybridized carbons (Fsp3) is 0.786. The van der Waals surface area contributed by atoms with Crippen molar-refractivity contribution in [3.8, 4) is 0 Å². The van der Waals surface area contributed by atoms with Crippen molar-refractivity contribution in [2.45, 2.75) is 45.3 Å². The number of likely N-dealkylation sites (tertiary alicyclic amines) is 1. The predicted octanol–water partition coefficient (Wildman–Crippen LogP) is 1.35. The molecule has 21 heavy (non-hydrogen) atoms. The topological polar surface area (TPSA) is 82.1 Å². The van der Waals surface area contributed by atoms with Gasteiger partial charge in [-0.05, 0) is 33.6 Å². The summed E-state index contributed by atoms with van der Waals surface area (Å²) in [6, 6.07) is -1.01. The lowest BCUT2D eigenvalue weighted by molar-refractivity contribution is -0.161. The molecule has 0 radical (unpaired) electrons. The quantitative estimate of drug-likeness (QED) is 0.565. The number of carbonyl (C=O) groups excluding carboxylic acids is 3. The molecule has 0 aromatic heterocycles. The SMILES string of the molecule is COC(=O)C1CCCN(C(=O)OC(C)(C)C)C1C(=O)OC. The van der Waals surface area contributed by atoms with E-state index in [0.29, 0.717) is 19.4 Å². The van der Waals surface area contributed by atoms with Gasteiger partial charge in [0.05, 0.1) is 20.1 Å². The lowest BCUT2D eigenvalue weighted by Gasteiger charge is -2.38. The van der Waals surface area contributed by atoms with Crippen molar-refractivity contribution in [2.24, 2.45) is 5.92 Å². The Bertz CT molecular complexity index is 414. The van der Waals surface area contributed by atoms with Crippen molar-refractivity contribution in [1.29, 1.82) is 0 Å². The zero-order chi connectivity index (χ0) is 16.2. The van der Waals surface area contributed by atoms with E-state index < -0.39 is 35.6 Å². The summed E-state index contributed by atoms with van der Waals surface area (Å²) >= 11 is 0. The summed E-state index contributed by atoms with van der Waals surface area (Å²) in [6.45, 7) is 5.54. The van der Waals surface area contributed by atoms with E-state index in [1.54, 1.807) is 20.8 Å². The van der Waals surface area contributed by atoms with Crippen LogP contribution >= 0.6 is 0 Å². The van der Waals surface area contributed by atoms with Gasteiger partial charge >= 0.3 is 18.0 Å². The first-order valence-corrected chi connectivity index (χ1v) is 6.86. The van der Waals surface area contributed by atoms with E-state index >= 15 is 0 Å². The van der Waals surface area contributed by atoms with Crippen LogP contribution in [0.3, 0.4) is 0 Å². The standard InChI is InChI=1S/C14H23NO6/c1-14(2,3)21-13(18)15-8-6-7-9(11(16)19-4)10(15)12(17)20-5/h9-10H,6-8H2,1-5H3. The minimum atomic E-state index is -1.01. The minimum Gasteiger partial charge on any atom is -0.469 e. The molecule has 0 saturated carbocycles. The van der Waals surface area contributed by atoms with E-state index in [-0.39, 0.29) is 0 Å². The van der Waals surface area contributed by atoms with E-state index in [4.69, 9.17) is 14.2 Å². The number of hydrogen-bond acceptors (Lipinski definition) is 6. The van der Waals surface area contributed by atoms with Gasteiger partial charge in [-0.1, -0.05) is 0 Å². The van der Waals surface area contributed by atoms with Crippen molar-refractivity contribution < 1.29 is 28.6 Å². The lowest BCUT2D eigenvalue weighted by atomic mass is 9.89. The fourth-order valence-electron chi connectivity index (χ4n) is 2.33. The van der Waals surface area contributed by atoms with Crippen LogP contribution in [0.15, 0.2) is 0 Å². The first-order chi connectivity index (χ1) is 9.71. The van der Waals surface area contributed by atoms with Crippen LogP contribution in [0, 0.1) is 5.92 Å². The molecule has 0 aromatic rings. The van der Waals surface area contributed by atoms with Crippen LogP contribution < -0.4 is 0 Å². The second-order valence-corrected chi connectivity index (χ2v) is 5.91. The van der Waals surface area contributed by atoms with Gasteiger partial charge in [0.2, 0.25) is 0 Å². The summed E-state index contributed by atoms with van der Waals surface area (Å²) in [6.07, 6.45) is 0.421. The van der Waals surface area contributed by atoms with Gasteiger partial charge in [-0.2, -0.15) is 0 Å². The number of methoxy groups -OCH3 is 2. The lowest BCUT2D eigenvalue weighted by Crippen LogP contribution is -2.56. The van der Waals surface area contributed by atoms with Gasteiger partial charge < -0.3 is 14.2 Å². The monoisotopic (exact) mass is 301 g/mol. The Balaban J connectivity index is 3.01. The highest BCUT2D eigenvalue weighted by atomic mass is 16.6. The molecule has 1 aliphatic heterocycles. The van der Waals surface area contributed by atoms with Gasteiger partial charge in [0.1, 0.15) is 11.6 Å². The molecule has 2 atom stereocenters. The molecular weight excluding hydrogens is 278 g/mol. The van der Waals surface area contributed by atoms with Crippen molar-refractivity contribution >= 4 is 18.0 Å². The summed E-state index contributed by atoms with van der Waals surface area (Å²) in [7, 11) is 2.47. The highest BCUT2D eigenvalue weighted by molar-refractivity contribution is 5.88. The third kappa shape index (κ3) is 4.34. The highest BCUT2D eigenvalue weighted by Crippen LogP contribution is 2.27. The van der Waals surface area contributed by atoms with Crippen LogP contribution in [0.25, 0.3) is 0 Å². The van der Waals surface area contributed by atoms with Crippen molar-refractivity contribution in [3.63, 3.8) is 0 Å². The molecule has 2 unspecified atom stereocenters. The molecule has 1 amide bonds. The Labute approximate surface area is 124 Å². The molecule has 1 rings (SSSR count). The minimum absolute atomic E-state index is 0.335. The van der Waals surface area contributed by atoms with Crippen LogP contribution in [-0.2, 0) is 23.8 Å². The second-order valence-electron chi connectivity index (χ2n) is 5.91. The van der Waals surface area contributed by atoms with E-state index in [2.05, 4.69) is 0 Å². The van der Waals surface area contributed by atoms with Gasteiger partial charge in [-0.15, -0.1) is 0 Å². The van der Waals surface area contributed by atoms with Crippen LogP contribution in [0.2, 0.25) is 0 Å². The first kappa shape index (κ1) is 17.3. The molecule has 0 spiro atoms. The molecule has 1 heterocycles. The molecule has 7 nitrogen and oxygen atoms in total. The number of carbonyl (C=O) groups is 3. The number of rotatable bonds is 2. The average Bonchev–Trinajstić information content (AvgIpc) is 2.42. The molecule has 0 bridgehead atoms. The number of piperidine rings is 1. The van der Waals surface area contributed by atoms with Gasteiger partial charge in [0, 0.05) is 6.54 Å². The third-order valence-electron chi connectivity index (χ3n) is 3.21. The maximum Gasteiger partial charge on any atom is 0.411 e. The summed E-state index contributed by atoms with van der Waals surface area (Å²) in [5, 5.41) is 0. The van der Waals surface area contributed by atoms with Gasteiger partial charge in [-0.3, -0.25) is 9.69 Å². The zero-order valence-electron chi connectivity index (χ0n) is 13.2. The zero-order valence-corrected chi connectivity index (χ0v) is 13.2. The number of ether oxygens (including phenoxy) is 3. The maximum atomic E-state index is 12.2. The Morgan fingerprint density at radius 2 is 1.62 bits per heavy atom. The van der Waals surface area contributed by atoms with Crippen LogP contribution in [0.1, 0.15) is 33.6 Å². The first-order valence-electron chi connectivity index (χ1n) is 6.86. The van der Waals surface area contributed by atoms with Crippen LogP contribution in [0.5, 0.6) is 0 Å². The van der Waals surface area contributed by atoms with Crippen molar-refractivity contribution in [2.75, 3.05) is 20.8 Å². The molecule has 1 aliphatic rings. The summed E-state index contributed by atoms with van der Waals surface area (Å²) < 4.78 is 14.7. The van der Waals surface area contributed by atoms with E-state index in [9.17, 15) is 14.4 Å². The predicted molar refractivity (Wildman–Crippen MR) is 73.5 cm³/mol. The molecule has 1 fully saturated rings. The normalized spacial score (nSPS) is 22.4.